The number of hydrogen-bond acceptors (Lipinski definition) is 5. The molecule has 0 unspecified atom stereocenters. The molecule has 1 aliphatic heterocycles. The van der Waals surface area contributed by atoms with Crippen LogP contribution in [0.5, 0.6) is 5.75 Å². The van der Waals surface area contributed by atoms with Crippen LogP contribution in [0.2, 0.25) is 0 Å². The molecule has 0 bridgehead atoms. The molecule has 0 radical (unpaired) electrons. The summed E-state index contributed by atoms with van der Waals surface area (Å²) in [5.74, 6) is 0.697. The van der Waals surface area contributed by atoms with E-state index in [4.69, 9.17) is 10.5 Å². The number of sulfonamides is 1. The molecule has 0 aliphatic carbocycles. The Kier molecular flexibility index (Phi) is 4.75. The smallest absolute Gasteiger partial charge is 0.240 e. The van der Waals surface area contributed by atoms with Crippen molar-refractivity contribution >= 4 is 15.7 Å². The molecular formula is C14H23N3O3S. The second kappa shape index (κ2) is 6.21. The quantitative estimate of drug-likeness (QED) is 0.736. The molecule has 0 saturated carbocycles. The second-order valence-corrected chi connectivity index (χ2v) is 6.96. The van der Waals surface area contributed by atoms with Crippen LogP contribution in [-0.2, 0) is 10.0 Å². The van der Waals surface area contributed by atoms with Gasteiger partial charge in [0.15, 0.2) is 0 Å². The molecule has 4 N–H and O–H groups in total. The van der Waals surface area contributed by atoms with Gasteiger partial charge in [-0.05, 0) is 31.0 Å². The van der Waals surface area contributed by atoms with Gasteiger partial charge in [-0.3, -0.25) is 0 Å². The highest BCUT2D eigenvalue weighted by Crippen LogP contribution is 2.37. The van der Waals surface area contributed by atoms with Crippen molar-refractivity contribution in [3.05, 3.63) is 18.2 Å². The number of benzene rings is 1. The third kappa shape index (κ3) is 3.30. The van der Waals surface area contributed by atoms with Crippen molar-refractivity contribution in [3.63, 3.8) is 0 Å². The fourth-order valence-corrected chi connectivity index (χ4v) is 3.42. The summed E-state index contributed by atoms with van der Waals surface area (Å²) in [6.07, 6.45) is 1.79. The zero-order chi connectivity index (χ0) is 15.5. The minimum atomic E-state index is -3.52. The number of ether oxygens (including phenoxy) is 1. The van der Waals surface area contributed by atoms with E-state index in [0.29, 0.717) is 18.0 Å². The SMILES string of the molecule is CCC1(CC)CNc2cc(S(=O)(=O)NCCN)ccc2O1. The Bertz CT molecular complexity index is 597. The topological polar surface area (TPSA) is 93.5 Å². The van der Waals surface area contributed by atoms with Gasteiger partial charge in [-0.25, -0.2) is 13.1 Å². The molecule has 2 rings (SSSR count). The Morgan fingerprint density at radius 2 is 2.10 bits per heavy atom. The molecule has 0 fully saturated rings. The van der Waals surface area contributed by atoms with Gasteiger partial charge in [0.2, 0.25) is 10.0 Å². The predicted molar refractivity (Wildman–Crippen MR) is 83.1 cm³/mol. The molecule has 1 heterocycles. The third-order valence-corrected chi connectivity index (χ3v) is 5.37. The van der Waals surface area contributed by atoms with Crippen LogP contribution in [0.1, 0.15) is 26.7 Å². The van der Waals surface area contributed by atoms with E-state index in [0.717, 1.165) is 12.8 Å². The summed E-state index contributed by atoms with van der Waals surface area (Å²) in [5.41, 5.74) is 5.82. The molecule has 0 spiro atoms. The molecule has 1 aromatic carbocycles. The summed E-state index contributed by atoms with van der Waals surface area (Å²) in [6, 6.07) is 4.86. The first kappa shape index (κ1) is 16.1. The summed E-state index contributed by atoms with van der Waals surface area (Å²) in [7, 11) is -3.52. The average molecular weight is 313 g/mol. The van der Waals surface area contributed by atoms with Gasteiger partial charge in [-0.15, -0.1) is 0 Å². The fraction of sp³-hybridized carbons (Fsp3) is 0.571. The number of nitrogens with two attached hydrogens (primary N) is 1. The summed E-state index contributed by atoms with van der Waals surface area (Å²) >= 11 is 0. The van der Waals surface area contributed by atoms with Crippen molar-refractivity contribution < 1.29 is 13.2 Å². The van der Waals surface area contributed by atoms with E-state index in [2.05, 4.69) is 23.9 Å². The first-order chi connectivity index (χ1) is 9.96. The van der Waals surface area contributed by atoms with Crippen LogP contribution in [-0.4, -0.2) is 33.7 Å². The molecule has 21 heavy (non-hydrogen) atoms. The monoisotopic (exact) mass is 313 g/mol. The Labute approximate surface area is 126 Å². The summed E-state index contributed by atoms with van der Waals surface area (Å²) in [4.78, 5) is 0.214. The standard InChI is InChI=1S/C14H23N3O3S/c1-3-14(4-2)10-16-12-9-11(5-6-13(12)20-14)21(18,19)17-8-7-15/h5-6,9,16-17H,3-4,7-8,10,15H2,1-2H3. The van der Waals surface area contributed by atoms with Gasteiger partial charge in [0, 0.05) is 13.1 Å². The molecule has 0 aromatic heterocycles. The Morgan fingerprint density at radius 1 is 1.38 bits per heavy atom. The van der Waals surface area contributed by atoms with E-state index in [-0.39, 0.29) is 23.6 Å². The zero-order valence-corrected chi connectivity index (χ0v) is 13.3. The summed E-state index contributed by atoms with van der Waals surface area (Å²) < 4.78 is 32.7. The Balaban J connectivity index is 2.26. The molecule has 1 aliphatic rings. The molecule has 0 saturated heterocycles. The van der Waals surface area contributed by atoms with Gasteiger partial charge in [0.1, 0.15) is 11.4 Å². The van der Waals surface area contributed by atoms with E-state index in [1.54, 1.807) is 18.2 Å². The first-order valence-corrected chi connectivity index (χ1v) is 8.71. The Morgan fingerprint density at radius 3 is 2.71 bits per heavy atom. The Hall–Kier alpha value is -1.31. The fourth-order valence-electron chi connectivity index (χ4n) is 2.35. The van der Waals surface area contributed by atoms with Crippen LogP contribution in [0, 0.1) is 0 Å². The van der Waals surface area contributed by atoms with Crippen LogP contribution in [0.25, 0.3) is 0 Å². The minimum Gasteiger partial charge on any atom is -0.483 e. The molecule has 0 amide bonds. The lowest BCUT2D eigenvalue weighted by Crippen LogP contribution is -2.44. The van der Waals surface area contributed by atoms with E-state index < -0.39 is 10.0 Å². The van der Waals surface area contributed by atoms with E-state index in [1.807, 2.05) is 0 Å². The van der Waals surface area contributed by atoms with Crippen LogP contribution in [0.15, 0.2) is 23.1 Å². The van der Waals surface area contributed by atoms with Gasteiger partial charge < -0.3 is 15.8 Å². The first-order valence-electron chi connectivity index (χ1n) is 7.23. The number of fused-ring (bicyclic) bond motifs is 1. The van der Waals surface area contributed by atoms with E-state index in [9.17, 15) is 8.42 Å². The van der Waals surface area contributed by atoms with Crippen molar-refractivity contribution in [3.8, 4) is 5.75 Å². The maximum Gasteiger partial charge on any atom is 0.240 e. The van der Waals surface area contributed by atoms with Crippen molar-refractivity contribution in [2.45, 2.75) is 37.2 Å². The normalized spacial score (nSPS) is 16.7. The van der Waals surface area contributed by atoms with Gasteiger partial charge in [-0.2, -0.15) is 0 Å². The molecule has 118 valence electrons. The molecular weight excluding hydrogens is 290 g/mol. The number of rotatable bonds is 6. The zero-order valence-electron chi connectivity index (χ0n) is 12.5. The molecule has 7 heteroatoms. The molecule has 6 nitrogen and oxygen atoms in total. The average Bonchev–Trinajstić information content (AvgIpc) is 2.51. The van der Waals surface area contributed by atoms with Gasteiger partial charge in [0.25, 0.3) is 0 Å². The van der Waals surface area contributed by atoms with Crippen LogP contribution < -0.4 is 20.5 Å². The highest BCUT2D eigenvalue weighted by Gasteiger charge is 2.33. The minimum absolute atomic E-state index is 0.214. The maximum absolute atomic E-state index is 12.1. The van der Waals surface area contributed by atoms with Gasteiger partial charge in [-0.1, -0.05) is 13.8 Å². The predicted octanol–water partition coefficient (Wildman–Crippen LogP) is 1.29. The highest BCUT2D eigenvalue weighted by molar-refractivity contribution is 7.89. The van der Waals surface area contributed by atoms with E-state index in [1.165, 1.54) is 0 Å². The third-order valence-electron chi connectivity index (χ3n) is 3.91. The lowest BCUT2D eigenvalue weighted by Gasteiger charge is -2.38. The highest BCUT2D eigenvalue weighted by atomic mass is 32.2. The largest absolute Gasteiger partial charge is 0.483 e. The van der Waals surface area contributed by atoms with Crippen molar-refractivity contribution in [2.75, 3.05) is 25.0 Å². The molecule has 1 aromatic rings. The van der Waals surface area contributed by atoms with E-state index >= 15 is 0 Å². The van der Waals surface area contributed by atoms with Crippen LogP contribution in [0.3, 0.4) is 0 Å². The molecule has 0 atom stereocenters. The van der Waals surface area contributed by atoms with Crippen LogP contribution >= 0.6 is 0 Å². The van der Waals surface area contributed by atoms with Crippen molar-refractivity contribution in [1.29, 1.82) is 0 Å². The van der Waals surface area contributed by atoms with Crippen molar-refractivity contribution in [2.24, 2.45) is 5.73 Å². The lowest BCUT2D eigenvalue weighted by atomic mass is 9.95. The van der Waals surface area contributed by atoms with Crippen LogP contribution in [0.4, 0.5) is 5.69 Å². The number of anilines is 1. The van der Waals surface area contributed by atoms with Gasteiger partial charge in [0.05, 0.1) is 17.1 Å². The summed E-state index contributed by atoms with van der Waals surface area (Å²) in [5, 5.41) is 3.28. The lowest BCUT2D eigenvalue weighted by molar-refractivity contribution is 0.0670. The van der Waals surface area contributed by atoms with Crippen molar-refractivity contribution in [1.82, 2.24) is 4.72 Å². The summed E-state index contributed by atoms with van der Waals surface area (Å²) in [6.45, 7) is 5.34. The number of hydrogen-bond donors (Lipinski definition) is 3. The maximum atomic E-state index is 12.1. The van der Waals surface area contributed by atoms with Gasteiger partial charge >= 0.3 is 0 Å². The number of nitrogens with one attached hydrogen (secondary N) is 2. The second-order valence-electron chi connectivity index (χ2n) is 5.19.